The van der Waals surface area contributed by atoms with Crippen LogP contribution in [0.3, 0.4) is 0 Å². The van der Waals surface area contributed by atoms with Gasteiger partial charge in [0.05, 0.1) is 5.69 Å². The fourth-order valence-electron chi connectivity index (χ4n) is 1.69. The van der Waals surface area contributed by atoms with Gasteiger partial charge in [-0.25, -0.2) is 4.98 Å². The SMILES string of the molecule is CCC(C)n1ccc(CNCc2nc(C)cs2)n1. The van der Waals surface area contributed by atoms with Crippen LogP contribution in [0.1, 0.15) is 42.7 Å². The summed E-state index contributed by atoms with van der Waals surface area (Å²) in [5, 5.41) is 11.1. The molecule has 0 fully saturated rings. The molecule has 2 aromatic heterocycles. The zero-order valence-electron chi connectivity index (χ0n) is 11.2. The highest BCUT2D eigenvalue weighted by atomic mass is 32.1. The molecule has 0 aromatic carbocycles. The maximum absolute atomic E-state index is 4.55. The molecule has 18 heavy (non-hydrogen) atoms. The smallest absolute Gasteiger partial charge is 0.107 e. The Morgan fingerprint density at radius 1 is 1.44 bits per heavy atom. The van der Waals surface area contributed by atoms with Crippen LogP contribution in [0.5, 0.6) is 0 Å². The number of hydrogen-bond acceptors (Lipinski definition) is 4. The second kappa shape index (κ2) is 6.11. The summed E-state index contributed by atoms with van der Waals surface area (Å²) in [6.45, 7) is 7.99. The van der Waals surface area contributed by atoms with Crippen molar-refractivity contribution in [1.29, 1.82) is 0 Å². The van der Waals surface area contributed by atoms with E-state index in [1.165, 1.54) is 0 Å². The van der Waals surface area contributed by atoms with Gasteiger partial charge in [-0.3, -0.25) is 4.68 Å². The molecule has 0 spiro atoms. The molecular weight excluding hydrogens is 244 g/mol. The van der Waals surface area contributed by atoms with Crippen molar-refractivity contribution in [2.45, 2.75) is 46.3 Å². The average molecular weight is 264 g/mol. The molecule has 0 bridgehead atoms. The molecule has 0 aliphatic carbocycles. The van der Waals surface area contributed by atoms with Gasteiger partial charge in [-0.15, -0.1) is 11.3 Å². The van der Waals surface area contributed by atoms with Gasteiger partial charge in [0.2, 0.25) is 0 Å². The summed E-state index contributed by atoms with van der Waals surface area (Å²) in [5.41, 5.74) is 2.18. The van der Waals surface area contributed by atoms with E-state index in [-0.39, 0.29) is 0 Å². The van der Waals surface area contributed by atoms with Crippen LogP contribution in [0.15, 0.2) is 17.6 Å². The zero-order chi connectivity index (χ0) is 13.0. The molecule has 2 rings (SSSR count). The lowest BCUT2D eigenvalue weighted by atomic mass is 10.3. The van der Waals surface area contributed by atoms with Gasteiger partial charge in [0.15, 0.2) is 0 Å². The van der Waals surface area contributed by atoms with Crippen molar-refractivity contribution >= 4 is 11.3 Å². The highest BCUT2D eigenvalue weighted by Gasteiger charge is 2.04. The van der Waals surface area contributed by atoms with Gasteiger partial charge in [0.25, 0.3) is 0 Å². The first-order valence-electron chi connectivity index (χ1n) is 6.34. The molecule has 1 unspecified atom stereocenters. The normalized spacial score (nSPS) is 12.8. The molecule has 0 saturated heterocycles. The quantitative estimate of drug-likeness (QED) is 0.872. The molecule has 98 valence electrons. The van der Waals surface area contributed by atoms with Crippen LogP contribution in [0.25, 0.3) is 0 Å². The van der Waals surface area contributed by atoms with E-state index in [4.69, 9.17) is 0 Å². The Labute approximate surface area is 112 Å². The molecule has 0 radical (unpaired) electrons. The van der Waals surface area contributed by atoms with E-state index in [1.807, 2.05) is 11.6 Å². The largest absolute Gasteiger partial charge is 0.305 e. The Kier molecular flexibility index (Phi) is 4.49. The van der Waals surface area contributed by atoms with Crippen LogP contribution in [-0.4, -0.2) is 14.8 Å². The van der Waals surface area contributed by atoms with Gasteiger partial charge in [-0.05, 0) is 26.3 Å². The summed E-state index contributed by atoms with van der Waals surface area (Å²) in [5.74, 6) is 0. The molecular formula is C13H20N4S. The molecule has 4 nitrogen and oxygen atoms in total. The van der Waals surface area contributed by atoms with Crippen molar-refractivity contribution in [3.05, 3.63) is 34.0 Å². The lowest BCUT2D eigenvalue weighted by molar-refractivity contribution is 0.471. The third-order valence-corrected chi connectivity index (χ3v) is 3.92. The van der Waals surface area contributed by atoms with Crippen molar-refractivity contribution in [3.8, 4) is 0 Å². The summed E-state index contributed by atoms with van der Waals surface area (Å²) >= 11 is 1.70. The first-order valence-corrected chi connectivity index (χ1v) is 7.22. The molecule has 2 aromatic rings. The first kappa shape index (κ1) is 13.2. The van der Waals surface area contributed by atoms with Crippen LogP contribution in [0.4, 0.5) is 0 Å². The van der Waals surface area contributed by atoms with Crippen LogP contribution >= 0.6 is 11.3 Å². The second-order valence-electron chi connectivity index (χ2n) is 4.53. The highest BCUT2D eigenvalue weighted by molar-refractivity contribution is 7.09. The first-order chi connectivity index (χ1) is 8.69. The lowest BCUT2D eigenvalue weighted by Crippen LogP contribution is -2.14. The number of hydrogen-bond donors (Lipinski definition) is 1. The highest BCUT2D eigenvalue weighted by Crippen LogP contribution is 2.10. The molecule has 2 heterocycles. The Hall–Kier alpha value is -1.20. The lowest BCUT2D eigenvalue weighted by Gasteiger charge is -2.08. The predicted molar refractivity (Wildman–Crippen MR) is 74.6 cm³/mol. The van der Waals surface area contributed by atoms with Gasteiger partial charge < -0.3 is 5.32 Å². The number of nitrogens with one attached hydrogen (secondary N) is 1. The van der Waals surface area contributed by atoms with E-state index >= 15 is 0 Å². The minimum atomic E-state index is 0.473. The van der Waals surface area contributed by atoms with Crippen molar-refractivity contribution < 1.29 is 0 Å². The minimum Gasteiger partial charge on any atom is -0.305 e. The predicted octanol–water partition coefficient (Wildman–Crippen LogP) is 2.91. The second-order valence-corrected chi connectivity index (χ2v) is 5.47. The van der Waals surface area contributed by atoms with E-state index in [0.717, 1.165) is 35.9 Å². The van der Waals surface area contributed by atoms with Gasteiger partial charge >= 0.3 is 0 Å². The Morgan fingerprint density at radius 3 is 2.94 bits per heavy atom. The van der Waals surface area contributed by atoms with Crippen LogP contribution < -0.4 is 5.32 Å². The van der Waals surface area contributed by atoms with Crippen molar-refractivity contribution in [2.75, 3.05) is 0 Å². The van der Waals surface area contributed by atoms with Gasteiger partial charge in [-0.2, -0.15) is 5.10 Å². The Morgan fingerprint density at radius 2 is 2.28 bits per heavy atom. The fraction of sp³-hybridized carbons (Fsp3) is 0.538. The molecule has 0 amide bonds. The molecule has 0 aliphatic rings. The average Bonchev–Trinajstić information content (AvgIpc) is 2.98. The summed E-state index contributed by atoms with van der Waals surface area (Å²) < 4.78 is 2.03. The summed E-state index contributed by atoms with van der Waals surface area (Å²) in [7, 11) is 0. The van der Waals surface area contributed by atoms with E-state index < -0.39 is 0 Å². The third kappa shape index (κ3) is 3.40. The number of rotatable bonds is 6. The van der Waals surface area contributed by atoms with Crippen LogP contribution in [-0.2, 0) is 13.1 Å². The van der Waals surface area contributed by atoms with Gasteiger partial charge in [0.1, 0.15) is 5.01 Å². The monoisotopic (exact) mass is 264 g/mol. The van der Waals surface area contributed by atoms with Crippen LogP contribution in [0.2, 0.25) is 0 Å². The summed E-state index contributed by atoms with van der Waals surface area (Å²) in [6.07, 6.45) is 3.16. The molecule has 1 N–H and O–H groups in total. The maximum atomic E-state index is 4.55. The topological polar surface area (TPSA) is 42.7 Å². The Balaban J connectivity index is 1.81. The van der Waals surface area contributed by atoms with Crippen molar-refractivity contribution in [2.24, 2.45) is 0 Å². The third-order valence-electron chi connectivity index (χ3n) is 2.95. The van der Waals surface area contributed by atoms with E-state index in [0.29, 0.717) is 6.04 Å². The van der Waals surface area contributed by atoms with Gasteiger partial charge in [-0.1, -0.05) is 6.92 Å². The van der Waals surface area contributed by atoms with Crippen LogP contribution in [0, 0.1) is 6.92 Å². The fourth-order valence-corrected chi connectivity index (χ4v) is 2.43. The van der Waals surface area contributed by atoms with E-state index in [9.17, 15) is 0 Å². The number of aryl methyl sites for hydroxylation is 1. The minimum absolute atomic E-state index is 0.473. The molecule has 5 heteroatoms. The van der Waals surface area contributed by atoms with Gasteiger partial charge in [0, 0.05) is 36.4 Å². The van der Waals surface area contributed by atoms with Crippen molar-refractivity contribution in [1.82, 2.24) is 20.1 Å². The molecule has 1 atom stereocenters. The summed E-state index contributed by atoms with van der Waals surface area (Å²) in [6, 6.07) is 2.55. The standard InChI is InChI=1S/C13H20N4S/c1-4-11(3)17-6-5-12(16-17)7-14-8-13-15-10(2)9-18-13/h5-6,9,11,14H,4,7-8H2,1-3H3. The summed E-state index contributed by atoms with van der Waals surface area (Å²) in [4.78, 5) is 4.42. The van der Waals surface area contributed by atoms with E-state index in [1.54, 1.807) is 11.3 Å². The number of aromatic nitrogens is 3. The number of thiazole rings is 1. The maximum Gasteiger partial charge on any atom is 0.107 e. The van der Waals surface area contributed by atoms with Crippen molar-refractivity contribution in [3.63, 3.8) is 0 Å². The molecule has 0 saturated carbocycles. The number of nitrogens with zero attached hydrogens (tertiary/aromatic N) is 3. The Bertz CT molecular complexity index is 489. The molecule has 0 aliphatic heterocycles. The zero-order valence-corrected chi connectivity index (χ0v) is 12.0. The van der Waals surface area contributed by atoms with E-state index in [2.05, 4.69) is 46.9 Å².